The average Bonchev–Trinajstić information content (AvgIpc) is 2.31. The van der Waals surface area contributed by atoms with Gasteiger partial charge in [-0.2, -0.15) is 0 Å². The van der Waals surface area contributed by atoms with Gasteiger partial charge in [-0.05, 0) is 23.6 Å². The molecule has 2 rings (SSSR count). The average molecular weight is 202 g/mol. The minimum atomic E-state index is 0.548. The van der Waals surface area contributed by atoms with Gasteiger partial charge < -0.3 is 0 Å². The Balaban J connectivity index is 0.000000531. The third kappa shape index (κ3) is 2.75. The first-order valence-corrected chi connectivity index (χ1v) is 5.48. The predicted molar refractivity (Wildman–Crippen MR) is 65.0 cm³/mol. The molecule has 0 aliphatic carbocycles. The van der Waals surface area contributed by atoms with Gasteiger partial charge in [0.25, 0.3) is 0 Å². The molecule has 2 aromatic rings. The molecule has 0 saturated heterocycles. The fraction of sp³-hybridized carbons (Fsp3) is 0.385. The number of rotatable bonds is 1. The molecule has 0 atom stereocenters. The van der Waals surface area contributed by atoms with Crippen LogP contribution >= 0.6 is 0 Å². The van der Waals surface area contributed by atoms with E-state index in [0.29, 0.717) is 5.92 Å². The monoisotopic (exact) mass is 202 g/mol. The van der Waals surface area contributed by atoms with Crippen molar-refractivity contribution in [3.63, 3.8) is 0 Å². The highest BCUT2D eigenvalue weighted by atomic mass is 14.8. The second-order valence-corrected chi connectivity index (χ2v) is 3.46. The van der Waals surface area contributed by atoms with Crippen LogP contribution in [0.25, 0.3) is 11.0 Å². The van der Waals surface area contributed by atoms with E-state index in [1.165, 1.54) is 5.56 Å². The highest BCUT2D eigenvalue weighted by molar-refractivity contribution is 5.74. The second-order valence-electron chi connectivity index (χ2n) is 3.46. The van der Waals surface area contributed by atoms with Crippen molar-refractivity contribution in [2.24, 2.45) is 0 Å². The lowest BCUT2D eigenvalue weighted by Gasteiger charge is -2.04. The van der Waals surface area contributed by atoms with Crippen molar-refractivity contribution < 1.29 is 0 Å². The van der Waals surface area contributed by atoms with Crippen LogP contribution in [0.2, 0.25) is 0 Å². The van der Waals surface area contributed by atoms with Crippen LogP contribution < -0.4 is 0 Å². The first-order chi connectivity index (χ1) is 7.27. The molecule has 1 heterocycles. The maximum Gasteiger partial charge on any atom is 0.0889 e. The van der Waals surface area contributed by atoms with Crippen molar-refractivity contribution in [1.29, 1.82) is 0 Å². The van der Waals surface area contributed by atoms with E-state index in [2.05, 4.69) is 35.9 Å². The highest BCUT2D eigenvalue weighted by Crippen LogP contribution is 2.17. The molecule has 0 bridgehead atoms. The van der Waals surface area contributed by atoms with Crippen LogP contribution in [-0.2, 0) is 0 Å². The molecule has 15 heavy (non-hydrogen) atoms. The Morgan fingerprint density at radius 3 is 2.13 bits per heavy atom. The van der Waals surface area contributed by atoms with Crippen molar-refractivity contribution in [2.45, 2.75) is 33.6 Å². The van der Waals surface area contributed by atoms with Gasteiger partial charge in [-0.25, -0.2) is 0 Å². The first kappa shape index (κ1) is 11.6. The van der Waals surface area contributed by atoms with Crippen LogP contribution in [0.4, 0.5) is 0 Å². The molecule has 1 aromatic carbocycles. The van der Waals surface area contributed by atoms with E-state index in [-0.39, 0.29) is 0 Å². The van der Waals surface area contributed by atoms with Crippen LogP contribution in [0.1, 0.15) is 39.2 Å². The maximum absolute atomic E-state index is 4.26. The van der Waals surface area contributed by atoms with Crippen LogP contribution in [0.15, 0.2) is 30.6 Å². The van der Waals surface area contributed by atoms with E-state index in [1.807, 2.05) is 19.9 Å². The van der Waals surface area contributed by atoms with Crippen molar-refractivity contribution in [3.05, 3.63) is 36.2 Å². The summed E-state index contributed by atoms with van der Waals surface area (Å²) in [7, 11) is 0. The van der Waals surface area contributed by atoms with Gasteiger partial charge in [-0.3, -0.25) is 9.97 Å². The molecule has 0 unspecified atom stereocenters. The molecule has 1 aromatic heterocycles. The SMILES string of the molecule is CC.CC(C)c1ccc2nccnc2c1. The normalized spacial score (nSPS) is 9.93. The molecule has 2 nitrogen and oxygen atoms in total. The molecule has 0 amide bonds. The molecule has 80 valence electrons. The number of hydrogen-bond acceptors (Lipinski definition) is 2. The number of fused-ring (bicyclic) bond motifs is 1. The quantitative estimate of drug-likeness (QED) is 0.703. The zero-order chi connectivity index (χ0) is 11.3. The van der Waals surface area contributed by atoms with E-state index >= 15 is 0 Å². The highest BCUT2D eigenvalue weighted by Gasteiger charge is 2.00. The van der Waals surface area contributed by atoms with Gasteiger partial charge in [-0.1, -0.05) is 33.8 Å². The summed E-state index contributed by atoms with van der Waals surface area (Å²) in [6.45, 7) is 8.36. The van der Waals surface area contributed by atoms with E-state index in [0.717, 1.165) is 11.0 Å². The van der Waals surface area contributed by atoms with Gasteiger partial charge in [0.2, 0.25) is 0 Å². The van der Waals surface area contributed by atoms with Gasteiger partial charge in [0.05, 0.1) is 11.0 Å². The van der Waals surface area contributed by atoms with Crippen molar-refractivity contribution in [1.82, 2.24) is 9.97 Å². The second kappa shape index (κ2) is 5.44. The Labute approximate surface area is 91.4 Å². The Morgan fingerprint density at radius 1 is 0.933 bits per heavy atom. The van der Waals surface area contributed by atoms with Crippen LogP contribution in [-0.4, -0.2) is 9.97 Å². The van der Waals surface area contributed by atoms with Gasteiger partial charge in [0.15, 0.2) is 0 Å². The zero-order valence-electron chi connectivity index (χ0n) is 9.86. The number of aromatic nitrogens is 2. The molecule has 0 saturated carbocycles. The van der Waals surface area contributed by atoms with Crippen LogP contribution in [0, 0.1) is 0 Å². The van der Waals surface area contributed by atoms with Gasteiger partial charge in [0.1, 0.15) is 0 Å². The topological polar surface area (TPSA) is 25.8 Å². The van der Waals surface area contributed by atoms with Gasteiger partial charge in [0, 0.05) is 12.4 Å². The largest absolute Gasteiger partial charge is 0.253 e. The molecular formula is C13H18N2. The zero-order valence-corrected chi connectivity index (χ0v) is 9.86. The lowest BCUT2D eigenvalue weighted by molar-refractivity contribution is 0.868. The van der Waals surface area contributed by atoms with Crippen molar-refractivity contribution in [3.8, 4) is 0 Å². The van der Waals surface area contributed by atoms with E-state index in [4.69, 9.17) is 0 Å². The summed E-state index contributed by atoms with van der Waals surface area (Å²) in [6.07, 6.45) is 3.45. The lowest BCUT2D eigenvalue weighted by Crippen LogP contribution is -1.89. The summed E-state index contributed by atoms with van der Waals surface area (Å²) in [5, 5.41) is 0. The number of nitrogens with zero attached hydrogens (tertiary/aromatic N) is 2. The summed E-state index contributed by atoms with van der Waals surface area (Å²) < 4.78 is 0. The maximum atomic E-state index is 4.26. The lowest BCUT2D eigenvalue weighted by atomic mass is 10.0. The minimum Gasteiger partial charge on any atom is -0.253 e. The fourth-order valence-electron chi connectivity index (χ4n) is 1.34. The fourth-order valence-corrected chi connectivity index (χ4v) is 1.34. The first-order valence-electron chi connectivity index (χ1n) is 5.48. The summed E-state index contributed by atoms with van der Waals surface area (Å²) in [5.41, 5.74) is 3.26. The number of benzene rings is 1. The summed E-state index contributed by atoms with van der Waals surface area (Å²) >= 11 is 0. The molecule has 0 N–H and O–H groups in total. The minimum absolute atomic E-state index is 0.548. The van der Waals surface area contributed by atoms with Crippen LogP contribution in [0.3, 0.4) is 0 Å². The molecule has 0 aliphatic heterocycles. The predicted octanol–water partition coefficient (Wildman–Crippen LogP) is 3.78. The standard InChI is InChI=1S/C11H12N2.C2H6/c1-8(2)9-3-4-10-11(7-9)13-6-5-12-10;1-2/h3-8H,1-2H3;1-2H3. The molecule has 0 radical (unpaired) electrons. The third-order valence-electron chi connectivity index (χ3n) is 2.16. The Kier molecular flexibility index (Phi) is 4.22. The van der Waals surface area contributed by atoms with E-state index < -0.39 is 0 Å². The van der Waals surface area contributed by atoms with Crippen molar-refractivity contribution in [2.75, 3.05) is 0 Å². The molecule has 2 heteroatoms. The van der Waals surface area contributed by atoms with Gasteiger partial charge >= 0.3 is 0 Å². The Bertz CT molecular complexity index is 422. The molecular weight excluding hydrogens is 184 g/mol. The van der Waals surface area contributed by atoms with E-state index in [1.54, 1.807) is 12.4 Å². The number of hydrogen-bond donors (Lipinski definition) is 0. The van der Waals surface area contributed by atoms with Crippen LogP contribution in [0.5, 0.6) is 0 Å². The smallest absolute Gasteiger partial charge is 0.0889 e. The van der Waals surface area contributed by atoms with Gasteiger partial charge in [-0.15, -0.1) is 0 Å². The summed E-state index contributed by atoms with van der Waals surface area (Å²) in [4.78, 5) is 8.48. The third-order valence-corrected chi connectivity index (χ3v) is 2.16. The van der Waals surface area contributed by atoms with E-state index in [9.17, 15) is 0 Å². The Morgan fingerprint density at radius 2 is 1.53 bits per heavy atom. The molecule has 0 fully saturated rings. The Hall–Kier alpha value is -1.44. The summed E-state index contributed by atoms with van der Waals surface area (Å²) in [5.74, 6) is 0.548. The van der Waals surface area contributed by atoms with Crippen molar-refractivity contribution >= 4 is 11.0 Å². The molecule has 0 spiro atoms. The molecule has 0 aliphatic rings. The summed E-state index contributed by atoms with van der Waals surface area (Å²) in [6, 6.07) is 6.24.